The van der Waals surface area contributed by atoms with Crippen LogP contribution >= 0.6 is 0 Å². The second-order valence-electron chi connectivity index (χ2n) is 3.82. The molecule has 0 aliphatic heterocycles. The summed E-state index contributed by atoms with van der Waals surface area (Å²) in [6.07, 6.45) is 6.88. The monoisotopic (exact) mass is 244 g/mol. The van der Waals surface area contributed by atoms with E-state index in [0.29, 0.717) is 6.54 Å². The summed E-state index contributed by atoms with van der Waals surface area (Å²) in [5, 5.41) is 6.28. The lowest BCUT2D eigenvalue weighted by Gasteiger charge is -2.07. The molecule has 0 aliphatic rings. The van der Waals surface area contributed by atoms with Crippen molar-refractivity contribution in [3.05, 3.63) is 36.2 Å². The lowest BCUT2D eigenvalue weighted by Crippen LogP contribution is -2.06. The number of nitrogens with one attached hydrogen (secondary N) is 2. The standard InChI is InChI=1S/C12H16N6/c1-3-14-11-7-13-8-12(18-11)17-6-10-5-15-9(2)4-16-10/h4-5,7-8H,3,6H2,1-2H3,(H2,14,17,18). The Morgan fingerprint density at radius 1 is 1.00 bits per heavy atom. The van der Waals surface area contributed by atoms with Crippen molar-refractivity contribution in [3.8, 4) is 0 Å². The van der Waals surface area contributed by atoms with Gasteiger partial charge in [-0.15, -0.1) is 0 Å². The van der Waals surface area contributed by atoms with Gasteiger partial charge in [-0.2, -0.15) is 0 Å². The van der Waals surface area contributed by atoms with Gasteiger partial charge in [-0.05, 0) is 13.8 Å². The molecule has 0 unspecified atom stereocenters. The van der Waals surface area contributed by atoms with E-state index in [2.05, 4.69) is 30.6 Å². The van der Waals surface area contributed by atoms with Crippen molar-refractivity contribution in [1.29, 1.82) is 0 Å². The van der Waals surface area contributed by atoms with Crippen molar-refractivity contribution in [3.63, 3.8) is 0 Å². The first kappa shape index (κ1) is 12.2. The largest absolute Gasteiger partial charge is 0.369 e. The molecule has 0 radical (unpaired) electrons. The molecule has 0 spiro atoms. The van der Waals surface area contributed by atoms with Gasteiger partial charge in [0.2, 0.25) is 0 Å². The molecule has 2 heterocycles. The van der Waals surface area contributed by atoms with Gasteiger partial charge in [0.1, 0.15) is 11.6 Å². The number of hydrogen-bond acceptors (Lipinski definition) is 6. The minimum atomic E-state index is 0.581. The van der Waals surface area contributed by atoms with Gasteiger partial charge in [-0.3, -0.25) is 15.0 Å². The number of rotatable bonds is 5. The first-order valence-corrected chi connectivity index (χ1v) is 5.85. The summed E-state index contributed by atoms with van der Waals surface area (Å²) in [5.74, 6) is 1.48. The topological polar surface area (TPSA) is 75.6 Å². The molecular formula is C12H16N6. The first-order chi connectivity index (χ1) is 8.78. The van der Waals surface area contributed by atoms with Crippen LogP contribution in [0.3, 0.4) is 0 Å². The van der Waals surface area contributed by atoms with E-state index in [1.807, 2.05) is 13.8 Å². The van der Waals surface area contributed by atoms with E-state index in [-0.39, 0.29) is 0 Å². The Bertz CT molecular complexity index is 496. The van der Waals surface area contributed by atoms with Gasteiger partial charge >= 0.3 is 0 Å². The van der Waals surface area contributed by atoms with Gasteiger partial charge in [-0.25, -0.2) is 4.98 Å². The molecule has 2 rings (SSSR count). The number of aromatic nitrogens is 4. The Morgan fingerprint density at radius 3 is 2.44 bits per heavy atom. The van der Waals surface area contributed by atoms with Gasteiger partial charge in [0.25, 0.3) is 0 Å². The fourth-order valence-corrected chi connectivity index (χ4v) is 1.41. The molecule has 94 valence electrons. The van der Waals surface area contributed by atoms with Crippen LogP contribution in [-0.2, 0) is 6.54 Å². The maximum atomic E-state index is 4.36. The number of aryl methyl sites for hydroxylation is 1. The number of anilines is 2. The Hall–Kier alpha value is -2.24. The Labute approximate surface area is 106 Å². The average Bonchev–Trinajstić information content (AvgIpc) is 2.39. The lowest BCUT2D eigenvalue weighted by molar-refractivity contribution is 0.972. The van der Waals surface area contributed by atoms with Gasteiger partial charge in [0.15, 0.2) is 0 Å². The van der Waals surface area contributed by atoms with E-state index in [4.69, 9.17) is 0 Å². The Morgan fingerprint density at radius 2 is 1.78 bits per heavy atom. The molecule has 0 amide bonds. The zero-order chi connectivity index (χ0) is 12.8. The highest BCUT2D eigenvalue weighted by Crippen LogP contribution is 2.07. The molecule has 2 N–H and O–H groups in total. The molecule has 2 aromatic rings. The summed E-state index contributed by atoms with van der Waals surface area (Å²) < 4.78 is 0. The van der Waals surface area contributed by atoms with Crippen molar-refractivity contribution in [2.24, 2.45) is 0 Å². The quantitative estimate of drug-likeness (QED) is 0.832. The first-order valence-electron chi connectivity index (χ1n) is 5.85. The SMILES string of the molecule is CCNc1cncc(NCc2cnc(C)cn2)n1. The second kappa shape index (κ2) is 5.90. The Kier molecular flexibility index (Phi) is 4.01. The van der Waals surface area contributed by atoms with Crippen LogP contribution in [0.15, 0.2) is 24.8 Å². The van der Waals surface area contributed by atoms with Gasteiger partial charge in [0.05, 0.1) is 36.5 Å². The van der Waals surface area contributed by atoms with Gasteiger partial charge in [0, 0.05) is 12.7 Å². The van der Waals surface area contributed by atoms with Crippen molar-refractivity contribution in [1.82, 2.24) is 19.9 Å². The summed E-state index contributed by atoms with van der Waals surface area (Å²) in [7, 11) is 0. The average molecular weight is 244 g/mol. The molecule has 2 aromatic heterocycles. The van der Waals surface area contributed by atoms with Crippen LogP contribution in [0.25, 0.3) is 0 Å². The van der Waals surface area contributed by atoms with Crippen LogP contribution in [0.2, 0.25) is 0 Å². The molecule has 0 saturated heterocycles. The normalized spacial score (nSPS) is 10.1. The maximum absolute atomic E-state index is 4.36. The minimum absolute atomic E-state index is 0.581. The van der Waals surface area contributed by atoms with Crippen molar-refractivity contribution >= 4 is 11.6 Å². The fourth-order valence-electron chi connectivity index (χ4n) is 1.41. The highest BCUT2D eigenvalue weighted by molar-refractivity contribution is 5.41. The van der Waals surface area contributed by atoms with Crippen molar-refractivity contribution in [2.45, 2.75) is 20.4 Å². The molecule has 0 bridgehead atoms. The van der Waals surface area contributed by atoms with Crippen molar-refractivity contribution < 1.29 is 0 Å². The van der Waals surface area contributed by atoms with E-state index in [0.717, 1.165) is 29.6 Å². The predicted molar refractivity (Wildman–Crippen MR) is 70.3 cm³/mol. The maximum Gasteiger partial charge on any atom is 0.147 e. The van der Waals surface area contributed by atoms with E-state index in [9.17, 15) is 0 Å². The van der Waals surface area contributed by atoms with Crippen molar-refractivity contribution in [2.75, 3.05) is 17.2 Å². The number of nitrogens with zero attached hydrogens (tertiary/aromatic N) is 4. The van der Waals surface area contributed by atoms with E-state index in [1.165, 1.54) is 0 Å². The van der Waals surface area contributed by atoms with Crippen LogP contribution in [0.5, 0.6) is 0 Å². The summed E-state index contributed by atoms with van der Waals surface area (Å²) in [5.41, 5.74) is 1.78. The molecule has 0 fully saturated rings. The van der Waals surface area contributed by atoms with E-state index < -0.39 is 0 Å². The fraction of sp³-hybridized carbons (Fsp3) is 0.333. The molecular weight excluding hydrogens is 228 g/mol. The lowest BCUT2D eigenvalue weighted by atomic mass is 10.4. The van der Waals surface area contributed by atoms with Crippen LogP contribution in [0.4, 0.5) is 11.6 Å². The summed E-state index contributed by atoms with van der Waals surface area (Å²) in [6, 6.07) is 0. The summed E-state index contributed by atoms with van der Waals surface area (Å²) in [6.45, 7) is 5.33. The van der Waals surface area contributed by atoms with Gasteiger partial charge in [-0.1, -0.05) is 0 Å². The zero-order valence-corrected chi connectivity index (χ0v) is 10.5. The third-order valence-corrected chi connectivity index (χ3v) is 2.28. The highest BCUT2D eigenvalue weighted by atomic mass is 15.1. The van der Waals surface area contributed by atoms with Crippen LogP contribution in [0.1, 0.15) is 18.3 Å². The third-order valence-electron chi connectivity index (χ3n) is 2.28. The van der Waals surface area contributed by atoms with Crippen LogP contribution in [-0.4, -0.2) is 26.5 Å². The molecule has 0 saturated carbocycles. The highest BCUT2D eigenvalue weighted by Gasteiger charge is 1.99. The molecule has 0 atom stereocenters. The summed E-state index contributed by atoms with van der Waals surface area (Å²) in [4.78, 5) is 16.9. The Balaban J connectivity index is 1.97. The third kappa shape index (κ3) is 3.38. The van der Waals surface area contributed by atoms with E-state index >= 15 is 0 Å². The van der Waals surface area contributed by atoms with E-state index in [1.54, 1.807) is 24.8 Å². The molecule has 18 heavy (non-hydrogen) atoms. The number of hydrogen-bond donors (Lipinski definition) is 2. The zero-order valence-electron chi connectivity index (χ0n) is 10.5. The van der Waals surface area contributed by atoms with Gasteiger partial charge < -0.3 is 10.6 Å². The van der Waals surface area contributed by atoms with Crippen LogP contribution in [0, 0.1) is 6.92 Å². The minimum Gasteiger partial charge on any atom is -0.369 e. The molecule has 0 aromatic carbocycles. The van der Waals surface area contributed by atoms with Crippen LogP contribution < -0.4 is 10.6 Å². The molecule has 6 heteroatoms. The second-order valence-corrected chi connectivity index (χ2v) is 3.82. The smallest absolute Gasteiger partial charge is 0.147 e. The molecule has 6 nitrogen and oxygen atoms in total. The summed E-state index contributed by atoms with van der Waals surface area (Å²) >= 11 is 0. The predicted octanol–water partition coefficient (Wildman–Crippen LogP) is 1.62. The molecule has 0 aliphatic carbocycles.